The van der Waals surface area contributed by atoms with Gasteiger partial charge in [-0.2, -0.15) is 0 Å². The Morgan fingerprint density at radius 1 is 1.33 bits per heavy atom. The molecule has 2 aliphatic rings. The van der Waals surface area contributed by atoms with Crippen LogP contribution in [0.3, 0.4) is 0 Å². The van der Waals surface area contributed by atoms with Crippen molar-refractivity contribution < 1.29 is 27.9 Å². The second-order valence-electron chi connectivity index (χ2n) is 5.68. The quantitative estimate of drug-likeness (QED) is 0.850. The molecule has 0 bridgehead atoms. The van der Waals surface area contributed by atoms with E-state index in [4.69, 9.17) is 0 Å². The van der Waals surface area contributed by atoms with Gasteiger partial charge in [0.1, 0.15) is 10.9 Å². The lowest BCUT2D eigenvalue weighted by atomic mass is 10.1. The highest BCUT2D eigenvalue weighted by Crippen LogP contribution is 2.31. The van der Waals surface area contributed by atoms with Gasteiger partial charge in [-0.3, -0.25) is 9.59 Å². The van der Waals surface area contributed by atoms with Gasteiger partial charge in [0, 0.05) is 18.7 Å². The number of sulfonamides is 1. The van der Waals surface area contributed by atoms with Crippen molar-refractivity contribution in [3.63, 3.8) is 0 Å². The van der Waals surface area contributed by atoms with Gasteiger partial charge in [-0.25, -0.2) is 17.5 Å². The zero-order valence-corrected chi connectivity index (χ0v) is 13.7. The molecule has 8 nitrogen and oxygen atoms in total. The lowest BCUT2D eigenvalue weighted by molar-refractivity contribution is -0.141. The Labute approximate surface area is 138 Å². The monoisotopic (exact) mass is 352 g/mol. The predicted molar refractivity (Wildman–Crippen MR) is 82.0 cm³/mol. The Bertz CT molecular complexity index is 848. The Balaban J connectivity index is 2.00. The van der Waals surface area contributed by atoms with Crippen molar-refractivity contribution in [3.8, 4) is 0 Å². The molecule has 1 aromatic rings. The SMILES string of the molecule is CCN1C(=O)c2ccc(C(=O)N3CCC[C@H]3C(=O)O)cc2S1(=O)=O. The molecule has 1 saturated heterocycles. The molecule has 1 fully saturated rings. The molecule has 2 heterocycles. The molecule has 0 aromatic heterocycles. The first-order valence-corrected chi connectivity index (χ1v) is 8.98. The van der Waals surface area contributed by atoms with Crippen LogP contribution < -0.4 is 0 Å². The van der Waals surface area contributed by atoms with Crippen LogP contribution in [0.25, 0.3) is 0 Å². The number of carbonyl (C=O) groups excluding carboxylic acids is 2. The number of carbonyl (C=O) groups is 3. The number of hydrogen-bond donors (Lipinski definition) is 1. The third kappa shape index (κ3) is 2.27. The van der Waals surface area contributed by atoms with Crippen molar-refractivity contribution in [2.75, 3.05) is 13.1 Å². The molecule has 1 N–H and O–H groups in total. The molecule has 3 rings (SSSR count). The maximum absolute atomic E-state index is 12.6. The zero-order valence-electron chi connectivity index (χ0n) is 12.9. The van der Waals surface area contributed by atoms with Crippen LogP contribution >= 0.6 is 0 Å². The standard InChI is InChI=1S/C15H16N2O6S/c1-2-17-14(19)10-6-5-9(8-12(10)24(17,22)23)13(18)16-7-3-4-11(16)15(20)21/h5-6,8,11H,2-4,7H2,1H3,(H,20,21)/t11-/m0/s1. The summed E-state index contributed by atoms with van der Waals surface area (Å²) in [7, 11) is -3.96. The Morgan fingerprint density at radius 2 is 2.04 bits per heavy atom. The maximum Gasteiger partial charge on any atom is 0.326 e. The maximum atomic E-state index is 12.6. The van der Waals surface area contributed by atoms with E-state index in [0.717, 1.165) is 10.4 Å². The van der Waals surface area contributed by atoms with Gasteiger partial charge in [0.2, 0.25) is 0 Å². The number of rotatable bonds is 3. The summed E-state index contributed by atoms with van der Waals surface area (Å²) >= 11 is 0. The fourth-order valence-electron chi connectivity index (χ4n) is 3.15. The van der Waals surface area contributed by atoms with E-state index in [1.54, 1.807) is 6.92 Å². The minimum absolute atomic E-state index is 0.00629. The molecule has 9 heteroatoms. The van der Waals surface area contributed by atoms with Crippen molar-refractivity contribution in [3.05, 3.63) is 29.3 Å². The molecule has 0 saturated carbocycles. The average Bonchev–Trinajstić information content (AvgIpc) is 3.09. The fourth-order valence-corrected chi connectivity index (χ4v) is 4.76. The fraction of sp³-hybridized carbons (Fsp3) is 0.400. The van der Waals surface area contributed by atoms with E-state index >= 15 is 0 Å². The summed E-state index contributed by atoms with van der Waals surface area (Å²) in [6.07, 6.45) is 0.945. The van der Waals surface area contributed by atoms with Crippen LogP contribution in [-0.2, 0) is 14.8 Å². The number of likely N-dealkylation sites (tertiary alicyclic amines) is 1. The van der Waals surface area contributed by atoms with Gasteiger partial charge in [0.15, 0.2) is 0 Å². The molecule has 0 unspecified atom stereocenters. The van der Waals surface area contributed by atoms with Crippen molar-refractivity contribution in [1.82, 2.24) is 9.21 Å². The summed E-state index contributed by atoms with van der Waals surface area (Å²) < 4.78 is 25.5. The van der Waals surface area contributed by atoms with E-state index in [9.17, 15) is 27.9 Å². The van der Waals surface area contributed by atoms with E-state index in [0.29, 0.717) is 19.4 Å². The molecule has 1 atom stereocenters. The summed E-state index contributed by atoms with van der Waals surface area (Å²) in [5.74, 6) is -2.24. The number of hydrogen-bond acceptors (Lipinski definition) is 5. The van der Waals surface area contributed by atoms with Gasteiger partial charge in [0.05, 0.1) is 5.56 Å². The van der Waals surface area contributed by atoms with Crippen LogP contribution in [0.1, 0.15) is 40.5 Å². The zero-order chi connectivity index (χ0) is 17.6. The molecule has 0 spiro atoms. The second-order valence-corrected chi connectivity index (χ2v) is 7.51. The first-order valence-electron chi connectivity index (χ1n) is 7.54. The van der Waals surface area contributed by atoms with Crippen LogP contribution in [-0.4, -0.2) is 59.6 Å². The van der Waals surface area contributed by atoms with Gasteiger partial charge < -0.3 is 10.0 Å². The van der Waals surface area contributed by atoms with Crippen molar-refractivity contribution in [1.29, 1.82) is 0 Å². The molecule has 128 valence electrons. The normalized spacial score (nSPS) is 21.9. The molecule has 24 heavy (non-hydrogen) atoms. The van der Waals surface area contributed by atoms with Gasteiger partial charge in [-0.15, -0.1) is 0 Å². The number of nitrogens with zero attached hydrogens (tertiary/aromatic N) is 2. The third-order valence-electron chi connectivity index (χ3n) is 4.34. The number of carboxylic acid groups (broad SMARTS) is 1. The number of amides is 2. The smallest absolute Gasteiger partial charge is 0.326 e. The Kier molecular flexibility index (Phi) is 3.83. The minimum atomic E-state index is -3.96. The predicted octanol–water partition coefficient (Wildman–Crippen LogP) is 0.540. The number of aliphatic carboxylic acids is 1. The van der Waals surface area contributed by atoms with Crippen LogP contribution in [0, 0.1) is 0 Å². The lowest BCUT2D eigenvalue weighted by Gasteiger charge is -2.21. The second kappa shape index (κ2) is 5.59. The van der Waals surface area contributed by atoms with Gasteiger partial charge in [-0.1, -0.05) is 0 Å². The number of carboxylic acids is 1. The highest BCUT2D eigenvalue weighted by Gasteiger charge is 2.41. The van der Waals surface area contributed by atoms with E-state index in [1.165, 1.54) is 17.0 Å². The van der Waals surface area contributed by atoms with E-state index in [-0.39, 0.29) is 22.6 Å². The first kappa shape index (κ1) is 16.4. The van der Waals surface area contributed by atoms with E-state index < -0.39 is 33.8 Å². The van der Waals surface area contributed by atoms with Crippen LogP contribution in [0.2, 0.25) is 0 Å². The van der Waals surface area contributed by atoms with Gasteiger partial charge >= 0.3 is 5.97 Å². The van der Waals surface area contributed by atoms with Gasteiger partial charge in [0.25, 0.3) is 21.8 Å². The summed E-state index contributed by atoms with van der Waals surface area (Å²) in [5.41, 5.74) is 0.0980. The van der Waals surface area contributed by atoms with Crippen molar-refractivity contribution in [2.24, 2.45) is 0 Å². The molecular formula is C15H16N2O6S. The van der Waals surface area contributed by atoms with E-state index in [2.05, 4.69) is 0 Å². The summed E-state index contributed by atoms with van der Waals surface area (Å²) in [6.45, 7) is 1.86. The summed E-state index contributed by atoms with van der Waals surface area (Å²) in [6, 6.07) is 2.93. The average molecular weight is 352 g/mol. The number of fused-ring (bicyclic) bond motifs is 1. The third-order valence-corrected chi connectivity index (χ3v) is 6.24. The summed E-state index contributed by atoms with van der Waals surface area (Å²) in [4.78, 5) is 36.9. The lowest BCUT2D eigenvalue weighted by Crippen LogP contribution is -2.40. The molecule has 1 aromatic carbocycles. The van der Waals surface area contributed by atoms with Crippen LogP contribution in [0.15, 0.2) is 23.1 Å². The Hall–Kier alpha value is -2.42. The minimum Gasteiger partial charge on any atom is -0.480 e. The van der Waals surface area contributed by atoms with Crippen LogP contribution in [0.4, 0.5) is 0 Å². The highest BCUT2D eigenvalue weighted by molar-refractivity contribution is 7.90. The number of benzene rings is 1. The molecule has 0 aliphatic carbocycles. The first-order chi connectivity index (χ1) is 11.3. The topological polar surface area (TPSA) is 112 Å². The van der Waals surface area contributed by atoms with Gasteiger partial charge in [-0.05, 0) is 38.0 Å². The van der Waals surface area contributed by atoms with Crippen molar-refractivity contribution >= 4 is 27.8 Å². The Morgan fingerprint density at radius 3 is 2.67 bits per heavy atom. The molecule has 2 aliphatic heterocycles. The molecular weight excluding hydrogens is 336 g/mol. The van der Waals surface area contributed by atoms with E-state index in [1.807, 2.05) is 0 Å². The van der Waals surface area contributed by atoms with Crippen molar-refractivity contribution in [2.45, 2.75) is 30.7 Å². The molecule has 0 radical (unpaired) electrons. The highest BCUT2D eigenvalue weighted by atomic mass is 32.2. The largest absolute Gasteiger partial charge is 0.480 e. The molecule has 2 amide bonds. The summed E-state index contributed by atoms with van der Waals surface area (Å²) in [5, 5.41) is 9.18. The van der Waals surface area contributed by atoms with Crippen LogP contribution in [0.5, 0.6) is 0 Å².